The molecule has 2 aromatic rings. The van der Waals surface area contributed by atoms with Crippen molar-refractivity contribution in [1.82, 2.24) is 5.32 Å². The second kappa shape index (κ2) is 6.14. The Hall–Kier alpha value is -1.74. The number of halogens is 2. The highest BCUT2D eigenvalue weighted by molar-refractivity contribution is 5.26. The van der Waals surface area contributed by atoms with Gasteiger partial charge in [-0.1, -0.05) is 24.3 Å². The molecule has 0 saturated carbocycles. The SMILES string of the molecule is Cc1ccc(C(C)N[C@@H](C)c2ccc(F)cc2)cc1F. The zero-order valence-electron chi connectivity index (χ0n) is 12.0. The van der Waals surface area contributed by atoms with Gasteiger partial charge in [0.05, 0.1) is 0 Å². The molecule has 0 fully saturated rings. The monoisotopic (exact) mass is 275 g/mol. The van der Waals surface area contributed by atoms with E-state index in [2.05, 4.69) is 5.32 Å². The third-order valence-electron chi connectivity index (χ3n) is 3.57. The van der Waals surface area contributed by atoms with E-state index in [-0.39, 0.29) is 23.7 Å². The van der Waals surface area contributed by atoms with Crippen molar-refractivity contribution in [2.24, 2.45) is 0 Å². The molecule has 1 nitrogen and oxygen atoms in total. The Morgan fingerprint density at radius 3 is 2.00 bits per heavy atom. The Labute approximate surface area is 118 Å². The van der Waals surface area contributed by atoms with Gasteiger partial charge in [0.25, 0.3) is 0 Å². The van der Waals surface area contributed by atoms with Gasteiger partial charge in [0.15, 0.2) is 0 Å². The van der Waals surface area contributed by atoms with Crippen LogP contribution < -0.4 is 5.32 Å². The van der Waals surface area contributed by atoms with E-state index < -0.39 is 0 Å². The summed E-state index contributed by atoms with van der Waals surface area (Å²) in [5.74, 6) is -0.430. The summed E-state index contributed by atoms with van der Waals surface area (Å²) in [5, 5.41) is 3.39. The predicted octanol–water partition coefficient (Wildman–Crippen LogP) is 4.69. The molecule has 0 amide bonds. The smallest absolute Gasteiger partial charge is 0.126 e. The van der Waals surface area contributed by atoms with Crippen LogP contribution in [0.25, 0.3) is 0 Å². The summed E-state index contributed by atoms with van der Waals surface area (Å²) in [4.78, 5) is 0. The summed E-state index contributed by atoms with van der Waals surface area (Å²) in [6.45, 7) is 5.75. The number of nitrogens with one attached hydrogen (secondary N) is 1. The number of aryl methyl sites for hydroxylation is 1. The number of rotatable bonds is 4. The van der Waals surface area contributed by atoms with Crippen molar-refractivity contribution in [3.05, 3.63) is 70.8 Å². The molecule has 0 aliphatic heterocycles. The molecule has 1 N–H and O–H groups in total. The number of hydrogen-bond donors (Lipinski definition) is 1. The van der Waals surface area contributed by atoms with E-state index in [0.717, 1.165) is 11.1 Å². The molecule has 3 heteroatoms. The topological polar surface area (TPSA) is 12.0 Å². The molecule has 2 rings (SSSR count). The zero-order chi connectivity index (χ0) is 14.7. The van der Waals surface area contributed by atoms with Crippen molar-refractivity contribution in [2.75, 3.05) is 0 Å². The second-order valence-electron chi connectivity index (χ2n) is 5.17. The van der Waals surface area contributed by atoms with Crippen LogP contribution in [0.15, 0.2) is 42.5 Å². The first-order valence-electron chi connectivity index (χ1n) is 6.75. The molecule has 106 valence electrons. The normalized spacial score (nSPS) is 14.1. The Bertz CT molecular complexity index is 578. The fourth-order valence-electron chi connectivity index (χ4n) is 2.20. The second-order valence-corrected chi connectivity index (χ2v) is 5.17. The molecule has 1 unspecified atom stereocenters. The van der Waals surface area contributed by atoms with Gasteiger partial charge in [-0.2, -0.15) is 0 Å². The average Bonchev–Trinajstić information content (AvgIpc) is 2.42. The maximum absolute atomic E-state index is 13.6. The minimum Gasteiger partial charge on any atom is -0.304 e. The quantitative estimate of drug-likeness (QED) is 0.854. The van der Waals surface area contributed by atoms with E-state index in [9.17, 15) is 8.78 Å². The summed E-state index contributed by atoms with van der Waals surface area (Å²) in [5.41, 5.74) is 2.56. The van der Waals surface area contributed by atoms with Gasteiger partial charge in [0, 0.05) is 12.1 Å². The van der Waals surface area contributed by atoms with Crippen LogP contribution >= 0.6 is 0 Å². The molecule has 0 aliphatic carbocycles. The maximum atomic E-state index is 13.6. The standard InChI is InChI=1S/C17H19F2N/c1-11-4-5-15(10-17(11)19)13(3)20-12(2)14-6-8-16(18)9-7-14/h4-10,12-13,20H,1-3H3/t12-,13?/m0/s1. The van der Waals surface area contributed by atoms with E-state index in [1.165, 1.54) is 12.1 Å². The first kappa shape index (κ1) is 14.7. The molecule has 2 aromatic carbocycles. The fourth-order valence-corrected chi connectivity index (χ4v) is 2.20. The van der Waals surface area contributed by atoms with Crippen molar-refractivity contribution in [2.45, 2.75) is 32.9 Å². The van der Waals surface area contributed by atoms with Gasteiger partial charge in [-0.15, -0.1) is 0 Å². The van der Waals surface area contributed by atoms with Crippen LogP contribution in [-0.4, -0.2) is 0 Å². The Morgan fingerprint density at radius 1 is 0.850 bits per heavy atom. The molecule has 2 atom stereocenters. The van der Waals surface area contributed by atoms with Crippen molar-refractivity contribution >= 4 is 0 Å². The summed E-state index contributed by atoms with van der Waals surface area (Å²) in [6.07, 6.45) is 0. The molecule has 0 aromatic heterocycles. The molecule has 0 spiro atoms. The molecule has 0 radical (unpaired) electrons. The van der Waals surface area contributed by atoms with Crippen molar-refractivity contribution in [3.8, 4) is 0 Å². The summed E-state index contributed by atoms with van der Waals surface area (Å²) >= 11 is 0. The Kier molecular flexibility index (Phi) is 4.50. The molecule has 0 saturated heterocycles. The lowest BCUT2D eigenvalue weighted by molar-refractivity contribution is 0.490. The van der Waals surface area contributed by atoms with E-state index >= 15 is 0 Å². The third kappa shape index (κ3) is 3.42. The highest BCUT2D eigenvalue weighted by atomic mass is 19.1. The highest BCUT2D eigenvalue weighted by Gasteiger charge is 2.12. The van der Waals surface area contributed by atoms with Gasteiger partial charge in [-0.05, 0) is 55.7 Å². The lowest BCUT2D eigenvalue weighted by atomic mass is 10.0. The first-order valence-corrected chi connectivity index (χ1v) is 6.75. The molecule has 0 heterocycles. The molecule has 0 bridgehead atoms. The summed E-state index contributed by atoms with van der Waals surface area (Å²) in [6, 6.07) is 11.8. The van der Waals surface area contributed by atoms with Crippen molar-refractivity contribution in [3.63, 3.8) is 0 Å². The van der Waals surface area contributed by atoms with Crippen molar-refractivity contribution < 1.29 is 8.78 Å². The zero-order valence-corrected chi connectivity index (χ0v) is 12.0. The largest absolute Gasteiger partial charge is 0.304 e. The number of hydrogen-bond acceptors (Lipinski definition) is 1. The van der Waals surface area contributed by atoms with Crippen LogP contribution in [-0.2, 0) is 0 Å². The molecular weight excluding hydrogens is 256 g/mol. The average molecular weight is 275 g/mol. The van der Waals surface area contributed by atoms with Gasteiger partial charge in [0.2, 0.25) is 0 Å². The van der Waals surface area contributed by atoms with Crippen molar-refractivity contribution in [1.29, 1.82) is 0 Å². The van der Waals surface area contributed by atoms with E-state index in [4.69, 9.17) is 0 Å². The molecule has 0 aliphatic rings. The first-order chi connectivity index (χ1) is 9.47. The third-order valence-corrected chi connectivity index (χ3v) is 3.57. The van der Waals surface area contributed by atoms with Crippen LogP contribution in [0, 0.1) is 18.6 Å². The van der Waals surface area contributed by atoms with Crippen LogP contribution in [0.2, 0.25) is 0 Å². The van der Waals surface area contributed by atoms with E-state index in [1.807, 2.05) is 19.9 Å². The van der Waals surface area contributed by atoms with Gasteiger partial charge in [-0.3, -0.25) is 0 Å². The lowest BCUT2D eigenvalue weighted by Crippen LogP contribution is -2.22. The molecular formula is C17H19F2N. The van der Waals surface area contributed by atoms with Gasteiger partial charge >= 0.3 is 0 Å². The minimum atomic E-state index is -0.241. The van der Waals surface area contributed by atoms with Crippen LogP contribution in [0.3, 0.4) is 0 Å². The number of benzene rings is 2. The fraction of sp³-hybridized carbons (Fsp3) is 0.294. The summed E-state index contributed by atoms with van der Waals surface area (Å²) < 4.78 is 26.5. The Balaban J connectivity index is 2.08. The Morgan fingerprint density at radius 2 is 1.40 bits per heavy atom. The lowest BCUT2D eigenvalue weighted by Gasteiger charge is -2.21. The maximum Gasteiger partial charge on any atom is 0.126 e. The van der Waals surface area contributed by atoms with Crippen LogP contribution in [0.1, 0.15) is 42.6 Å². The van der Waals surface area contributed by atoms with Crippen LogP contribution in [0.4, 0.5) is 8.78 Å². The van der Waals surface area contributed by atoms with Gasteiger partial charge in [-0.25, -0.2) is 8.78 Å². The predicted molar refractivity (Wildman–Crippen MR) is 77.5 cm³/mol. The van der Waals surface area contributed by atoms with Gasteiger partial charge < -0.3 is 5.32 Å². The van der Waals surface area contributed by atoms with E-state index in [1.54, 1.807) is 31.2 Å². The van der Waals surface area contributed by atoms with Gasteiger partial charge in [0.1, 0.15) is 11.6 Å². The van der Waals surface area contributed by atoms with E-state index in [0.29, 0.717) is 5.56 Å². The minimum absolute atomic E-state index is 0.0187. The highest BCUT2D eigenvalue weighted by Crippen LogP contribution is 2.21. The molecule has 20 heavy (non-hydrogen) atoms. The van der Waals surface area contributed by atoms with Crippen LogP contribution in [0.5, 0.6) is 0 Å². The summed E-state index contributed by atoms with van der Waals surface area (Å²) in [7, 11) is 0.